The Morgan fingerprint density at radius 3 is 3.00 bits per heavy atom. The lowest BCUT2D eigenvalue weighted by Crippen LogP contribution is -1.97. The van der Waals surface area contributed by atoms with Crippen LogP contribution in [0.2, 0.25) is 0 Å². The van der Waals surface area contributed by atoms with Gasteiger partial charge < -0.3 is 4.74 Å². The van der Waals surface area contributed by atoms with Crippen molar-refractivity contribution >= 4 is 0 Å². The van der Waals surface area contributed by atoms with Gasteiger partial charge in [-0.25, -0.2) is 4.98 Å². The fourth-order valence-electron chi connectivity index (χ4n) is 0.779. The molecule has 0 fully saturated rings. The average Bonchev–Trinajstić information content (AvgIpc) is 2.19. The number of nitrogens with zero attached hydrogens (tertiary/aromatic N) is 2. The summed E-state index contributed by atoms with van der Waals surface area (Å²) in [5.74, 6) is 0.542. The Morgan fingerprint density at radius 2 is 2.46 bits per heavy atom. The van der Waals surface area contributed by atoms with Gasteiger partial charge in [0.25, 0.3) is 0 Å². The van der Waals surface area contributed by atoms with Gasteiger partial charge in [0.1, 0.15) is 6.07 Å². The van der Waals surface area contributed by atoms with E-state index in [2.05, 4.69) is 11.6 Å². The van der Waals surface area contributed by atoms with Crippen molar-refractivity contribution in [1.29, 1.82) is 5.26 Å². The zero-order valence-electron chi connectivity index (χ0n) is 7.23. The highest BCUT2D eigenvalue weighted by molar-refractivity contribution is 5.28. The van der Waals surface area contributed by atoms with Gasteiger partial charge in [-0.05, 0) is 12.5 Å². The Balaban J connectivity index is 2.50. The van der Waals surface area contributed by atoms with E-state index >= 15 is 0 Å². The molecule has 13 heavy (non-hydrogen) atoms. The minimum absolute atomic E-state index is 0.538. The van der Waals surface area contributed by atoms with E-state index in [1.807, 2.05) is 6.07 Å². The predicted octanol–water partition coefficient (Wildman–Crippen LogP) is 1.91. The van der Waals surface area contributed by atoms with Crippen LogP contribution >= 0.6 is 0 Å². The average molecular weight is 174 g/mol. The second-order valence-electron chi connectivity index (χ2n) is 2.42. The van der Waals surface area contributed by atoms with Gasteiger partial charge in [0, 0.05) is 12.3 Å². The Bertz CT molecular complexity index is 311. The van der Waals surface area contributed by atoms with Crippen molar-refractivity contribution in [2.75, 3.05) is 6.61 Å². The van der Waals surface area contributed by atoms with Crippen LogP contribution < -0.4 is 4.74 Å². The van der Waals surface area contributed by atoms with E-state index in [4.69, 9.17) is 10.00 Å². The monoisotopic (exact) mass is 174 g/mol. The number of hydrogen-bond acceptors (Lipinski definition) is 3. The molecule has 0 N–H and O–H groups in total. The molecule has 0 amide bonds. The van der Waals surface area contributed by atoms with Crippen molar-refractivity contribution in [1.82, 2.24) is 4.98 Å². The molecule has 0 saturated heterocycles. The Kier molecular flexibility index (Phi) is 3.52. The van der Waals surface area contributed by atoms with Crippen LogP contribution in [0.1, 0.15) is 12.0 Å². The third kappa shape index (κ3) is 2.96. The van der Waals surface area contributed by atoms with Crippen LogP contribution in [0.25, 0.3) is 0 Å². The maximum Gasteiger partial charge on any atom is 0.213 e. The largest absolute Gasteiger partial charge is 0.477 e. The van der Waals surface area contributed by atoms with E-state index in [0.717, 1.165) is 6.42 Å². The third-order valence-electron chi connectivity index (χ3n) is 1.44. The zero-order chi connectivity index (χ0) is 9.52. The second-order valence-corrected chi connectivity index (χ2v) is 2.42. The maximum absolute atomic E-state index is 8.50. The molecule has 0 aliphatic heterocycles. The Morgan fingerprint density at radius 1 is 1.62 bits per heavy atom. The summed E-state index contributed by atoms with van der Waals surface area (Å²) < 4.78 is 5.25. The van der Waals surface area contributed by atoms with E-state index in [0.29, 0.717) is 18.1 Å². The van der Waals surface area contributed by atoms with E-state index in [9.17, 15) is 0 Å². The molecule has 0 saturated carbocycles. The molecule has 0 bridgehead atoms. The van der Waals surface area contributed by atoms with Crippen molar-refractivity contribution in [3.63, 3.8) is 0 Å². The minimum Gasteiger partial charge on any atom is -0.477 e. The maximum atomic E-state index is 8.50. The van der Waals surface area contributed by atoms with Crippen molar-refractivity contribution < 1.29 is 4.74 Å². The molecule has 0 atom stereocenters. The van der Waals surface area contributed by atoms with Crippen molar-refractivity contribution in [3.8, 4) is 11.9 Å². The SMILES string of the molecule is C=CCCOc1ccc(C#N)cn1. The van der Waals surface area contributed by atoms with Gasteiger partial charge in [0.2, 0.25) is 5.88 Å². The van der Waals surface area contributed by atoms with Crippen molar-refractivity contribution in [2.45, 2.75) is 6.42 Å². The van der Waals surface area contributed by atoms with Crippen molar-refractivity contribution in [2.24, 2.45) is 0 Å². The minimum atomic E-state index is 0.538. The number of nitriles is 1. The number of aromatic nitrogens is 1. The lowest BCUT2D eigenvalue weighted by Gasteiger charge is -2.01. The van der Waals surface area contributed by atoms with Crippen LogP contribution in [-0.4, -0.2) is 11.6 Å². The first kappa shape index (κ1) is 9.27. The number of pyridine rings is 1. The second kappa shape index (κ2) is 4.94. The molecule has 1 heterocycles. The summed E-state index contributed by atoms with van der Waals surface area (Å²) in [5, 5.41) is 8.50. The first-order valence-electron chi connectivity index (χ1n) is 3.96. The van der Waals surface area contributed by atoms with E-state index < -0.39 is 0 Å². The smallest absolute Gasteiger partial charge is 0.213 e. The normalized spacial score (nSPS) is 8.85. The molecule has 0 aliphatic carbocycles. The summed E-state index contributed by atoms with van der Waals surface area (Å²) in [5.41, 5.74) is 0.538. The molecule has 1 aromatic rings. The van der Waals surface area contributed by atoms with E-state index in [1.54, 1.807) is 18.2 Å². The standard InChI is InChI=1S/C10H10N2O/c1-2-3-6-13-10-5-4-9(7-11)8-12-10/h2,4-5,8H,1,3,6H2. The highest BCUT2D eigenvalue weighted by atomic mass is 16.5. The predicted molar refractivity (Wildman–Crippen MR) is 49.3 cm³/mol. The Labute approximate surface area is 77.3 Å². The van der Waals surface area contributed by atoms with E-state index in [1.165, 1.54) is 6.20 Å². The molecule has 0 aliphatic rings. The van der Waals surface area contributed by atoms with Crippen LogP contribution in [-0.2, 0) is 0 Å². The third-order valence-corrected chi connectivity index (χ3v) is 1.44. The van der Waals surface area contributed by atoms with Gasteiger partial charge in [-0.1, -0.05) is 6.08 Å². The van der Waals surface area contributed by atoms with Gasteiger partial charge >= 0.3 is 0 Å². The topological polar surface area (TPSA) is 45.9 Å². The number of hydrogen-bond donors (Lipinski definition) is 0. The first-order valence-corrected chi connectivity index (χ1v) is 3.96. The quantitative estimate of drug-likeness (QED) is 0.517. The molecule has 1 rings (SSSR count). The number of ether oxygens (including phenoxy) is 1. The molecule has 0 spiro atoms. The molecule has 0 radical (unpaired) electrons. The molecule has 0 aromatic carbocycles. The van der Waals surface area contributed by atoms with Crippen LogP contribution in [0.3, 0.4) is 0 Å². The molecule has 1 aromatic heterocycles. The summed E-state index contributed by atoms with van der Waals surface area (Å²) in [6.07, 6.45) is 4.06. The van der Waals surface area contributed by atoms with Gasteiger partial charge in [-0.3, -0.25) is 0 Å². The summed E-state index contributed by atoms with van der Waals surface area (Å²) in [6, 6.07) is 5.35. The van der Waals surface area contributed by atoms with E-state index in [-0.39, 0.29) is 0 Å². The fourth-order valence-corrected chi connectivity index (χ4v) is 0.779. The zero-order valence-corrected chi connectivity index (χ0v) is 7.23. The lowest BCUT2D eigenvalue weighted by molar-refractivity contribution is 0.312. The molecular weight excluding hydrogens is 164 g/mol. The molecule has 66 valence electrons. The molecule has 0 unspecified atom stereocenters. The fraction of sp³-hybridized carbons (Fsp3) is 0.200. The van der Waals surface area contributed by atoms with Gasteiger partial charge in [-0.2, -0.15) is 5.26 Å². The van der Waals surface area contributed by atoms with Crippen LogP contribution in [0.15, 0.2) is 31.0 Å². The molecular formula is C10H10N2O. The Hall–Kier alpha value is -1.82. The van der Waals surface area contributed by atoms with Gasteiger partial charge in [-0.15, -0.1) is 6.58 Å². The van der Waals surface area contributed by atoms with Crippen LogP contribution in [0, 0.1) is 11.3 Å². The molecule has 3 nitrogen and oxygen atoms in total. The highest BCUT2D eigenvalue weighted by Crippen LogP contribution is 2.06. The number of rotatable bonds is 4. The van der Waals surface area contributed by atoms with Gasteiger partial charge in [0.15, 0.2) is 0 Å². The van der Waals surface area contributed by atoms with Crippen LogP contribution in [0.4, 0.5) is 0 Å². The summed E-state index contributed by atoms with van der Waals surface area (Å²) in [7, 11) is 0. The van der Waals surface area contributed by atoms with Crippen LogP contribution in [0.5, 0.6) is 5.88 Å². The summed E-state index contributed by atoms with van der Waals surface area (Å²) >= 11 is 0. The highest BCUT2D eigenvalue weighted by Gasteiger charge is 1.94. The molecule has 3 heteroatoms. The lowest BCUT2D eigenvalue weighted by atomic mass is 10.3. The first-order chi connectivity index (χ1) is 6.36. The summed E-state index contributed by atoms with van der Waals surface area (Å²) in [4.78, 5) is 3.94. The van der Waals surface area contributed by atoms with Crippen molar-refractivity contribution in [3.05, 3.63) is 36.5 Å². The van der Waals surface area contributed by atoms with Gasteiger partial charge in [0.05, 0.1) is 12.2 Å². The summed E-state index contributed by atoms with van der Waals surface area (Å²) in [6.45, 7) is 4.15.